The Morgan fingerprint density at radius 2 is 1.90 bits per heavy atom. The second-order valence-electron chi connectivity index (χ2n) is 4.23. The van der Waals surface area contributed by atoms with Crippen molar-refractivity contribution in [2.75, 3.05) is 5.75 Å². The first-order valence-corrected chi connectivity index (χ1v) is 8.06. The number of rotatable bonds is 3. The third kappa shape index (κ3) is 2.65. The number of nitrogens with zero attached hydrogens (tertiary/aromatic N) is 1. The van der Waals surface area contributed by atoms with E-state index in [1.54, 1.807) is 0 Å². The Kier molecular flexibility index (Phi) is 4.03. The van der Waals surface area contributed by atoms with Crippen molar-refractivity contribution in [1.82, 2.24) is 4.31 Å². The van der Waals surface area contributed by atoms with E-state index in [4.69, 9.17) is 5.11 Å². The molecule has 9 heteroatoms. The molecule has 1 N–H and O–H groups in total. The number of thioether (sulfide) groups is 1. The van der Waals surface area contributed by atoms with E-state index in [1.165, 1.54) is 6.92 Å². The Morgan fingerprint density at radius 3 is 2.40 bits per heavy atom. The van der Waals surface area contributed by atoms with Crippen LogP contribution in [-0.2, 0) is 14.8 Å². The second-order valence-corrected chi connectivity index (χ2v) is 7.42. The molecule has 2 rings (SSSR count). The van der Waals surface area contributed by atoms with E-state index in [1.807, 2.05) is 0 Å². The number of carboxylic acid groups (broad SMARTS) is 1. The summed E-state index contributed by atoms with van der Waals surface area (Å²) in [5, 5.41) is 8.44. The van der Waals surface area contributed by atoms with Crippen LogP contribution in [0.3, 0.4) is 0 Å². The number of halogens is 2. The first-order valence-electron chi connectivity index (χ1n) is 5.57. The first-order chi connectivity index (χ1) is 9.23. The van der Waals surface area contributed by atoms with E-state index in [-0.39, 0.29) is 5.75 Å². The monoisotopic (exact) mass is 323 g/mol. The zero-order valence-electron chi connectivity index (χ0n) is 10.3. The molecule has 5 nitrogen and oxygen atoms in total. The van der Waals surface area contributed by atoms with Crippen LogP contribution in [0, 0.1) is 11.6 Å². The summed E-state index contributed by atoms with van der Waals surface area (Å²) in [4.78, 5) is 10.5. The van der Waals surface area contributed by atoms with Gasteiger partial charge < -0.3 is 5.11 Å². The molecule has 1 aliphatic heterocycles. The third-order valence-electron chi connectivity index (χ3n) is 2.86. The Hall–Kier alpha value is -1.19. The fourth-order valence-electron chi connectivity index (χ4n) is 1.97. The maximum absolute atomic E-state index is 13.2. The van der Waals surface area contributed by atoms with Crippen LogP contribution in [0.2, 0.25) is 0 Å². The number of aliphatic carboxylic acids is 1. The van der Waals surface area contributed by atoms with Gasteiger partial charge in [0.05, 0.1) is 10.3 Å². The van der Waals surface area contributed by atoms with Gasteiger partial charge in [0, 0.05) is 11.8 Å². The molecule has 0 amide bonds. The number of hydrogen-bond donors (Lipinski definition) is 1. The normalized spacial score (nSPS) is 23.9. The molecule has 20 heavy (non-hydrogen) atoms. The van der Waals surface area contributed by atoms with Gasteiger partial charge in [0.2, 0.25) is 10.0 Å². The summed E-state index contributed by atoms with van der Waals surface area (Å²) in [7, 11) is -4.28. The summed E-state index contributed by atoms with van der Waals surface area (Å²) in [5.74, 6) is -3.26. The fourth-order valence-corrected chi connectivity index (χ4v) is 5.30. The topological polar surface area (TPSA) is 74.7 Å². The van der Waals surface area contributed by atoms with Crippen LogP contribution < -0.4 is 0 Å². The number of carbonyl (C=O) groups is 1. The van der Waals surface area contributed by atoms with E-state index >= 15 is 0 Å². The summed E-state index contributed by atoms with van der Waals surface area (Å²) in [5.41, 5.74) is 0. The molecule has 110 valence electrons. The van der Waals surface area contributed by atoms with Crippen LogP contribution in [0.4, 0.5) is 8.78 Å². The van der Waals surface area contributed by atoms with Gasteiger partial charge in [-0.15, -0.1) is 11.8 Å². The van der Waals surface area contributed by atoms with E-state index in [0.717, 1.165) is 16.1 Å². The summed E-state index contributed by atoms with van der Waals surface area (Å²) >= 11 is 1.15. The highest BCUT2D eigenvalue weighted by molar-refractivity contribution is 8.01. The van der Waals surface area contributed by atoms with Crippen LogP contribution in [0.5, 0.6) is 0 Å². The lowest BCUT2D eigenvalue weighted by Crippen LogP contribution is -2.44. The van der Waals surface area contributed by atoms with E-state index in [2.05, 4.69) is 0 Å². The Bertz CT molecular complexity index is 630. The lowest BCUT2D eigenvalue weighted by molar-refractivity contribution is -0.140. The van der Waals surface area contributed by atoms with Crippen molar-refractivity contribution in [3.05, 3.63) is 29.8 Å². The van der Waals surface area contributed by atoms with E-state index in [0.29, 0.717) is 18.2 Å². The lowest BCUT2D eigenvalue weighted by atomic mass is 10.3. The quantitative estimate of drug-likeness (QED) is 0.912. The highest BCUT2D eigenvalue weighted by Gasteiger charge is 2.44. The van der Waals surface area contributed by atoms with Crippen molar-refractivity contribution in [3.8, 4) is 0 Å². The molecule has 1 saturated heterocycles. The van der Waals surface area contributed by atoms with Crippen molar-refractivity contribution < 1.29 is 27.1 Å². The van der Waals surface area contributed by atoms with Crippen LogP contribution in [0.15, 0.2) is 23.1 Å². The van der Waals surface area contributed by atoms with Crippen LogP contribution in [0.25, 0.3) is 0 Å². The van der Waals surface area contributed by atoms with E-state index < -0.39 is 43.9 Å². The predicted molar refractivity (Wildman–Crippen MR) is 68.7 cm³/mol. The van der Waals surface area contributed by atoms with Gasteiger partial charge in [0.15, 0.2) is 0 Å². The van der Waals surface area contributed by atoms with Gasteiger partial charge in [-0.3, -0.25) is 4.79 Å². The SMILES string of the molecule is CC1SCC(C(=O)O)N1S(=O)(=O)c1cc(F)cc(F)c1. The van der Waals surface area contributed by atoms with Gasteiger partial charge >= 0.3 is 5.97 Å². The summed E-state index contributed by atoms with van der Waals surface area (Å²) in [6.07, 6.45) is 0. The van der Waals surface area contributed by atoms with Crippen LogP contribution >= 0.6 is 11.8 Å². The molecule has 2 atom stereocenters. The third-order valence-corrected chi connectivity index (χ3v) is 6.17. The number of benzene rings is 1. The molecule has 0 aromatic heterocycles. The van der Waals surface area contributed by atoms with Gasteiger partial charge in [-0.1, -0.05) is 0 Å². The summed E-state index contributed by atoms with van der Waals surface area (Å²) < 4.78 is 51.8. The van der Waals surface area contributed by atoms with Gasteiger partial charge in [0.1, 0.15) is 17.7 Å². The number of sulfonamides is 1. The highest BCUT2D eigenvalue weighted by atomic mass is 32.2. The average molecular weight is 323 g/mol. The van der Waals surface area contributed by atoms with Crippen LogP contribution in [0.1, 0.15) is 6.92 Å². The van der Waals surface area contributed by atoms with Crippen LogP contribution in [-0.4, -0.2) is 41.0 Å². The lowest BCUT2D eigenvalue weighted by Gasteiger charge is -2.24. The zero-order chi connectivity index (χ0) is 15.1. The number of carboxylic acids is 1. The van der Waals surface area contributed by atoms with Crippen molar-refractivity contribution >= 4 is 27.8 Å². The minimum Gasteiger partial charge on any atom is -0.480 e. The molecular formula is C11H11F2NO4S2. The smallest absolute Gasteiger partial charge is 0.322 e. The second kappa shape index (κ2) is 5.30. The van der Waals surface area contributed by atoms with Crippen molar-refractivity contribution in [1.29, 1.82) is 0 Å². The molecule has 1 heterocycles. The average Bonchev–Trinajstić information content (AvgIpc) is 2.70. The van der Waals surface area contributed by atoms with Crippen molar-refractivity contribution in [3.63, 3.8) is 0 Å². The minimum atomic E-state index is -4.28. The van der Waals surface area contributed by atoms with Crippen molar-refractivity contribution in [2.24, 2.45) is 0 Å². The molecule has 2 unspecified atom stereocenters. The summed E-state index contributed by atoms with van der Waals surface area (Å²) in [6.45, 7) is 1.53. The Labute approximate surface area is 118 Å². The molecule has 0 bridgehead atoms. The van der Waals surface area contributed by atoms with Gasteiger partial charge in [-0.25, -0.2) is 17.2 Å². The molecule has 0 saturated carbocycles. The zero-order valence-corrected chi connectivity index (χ0v) is 11.9. The molecule has 1 aromatic carbocycles. The fraction of sp³-hybridized carbons (Fsp3) is 0.364. The molecule has 0 spiro atoms. The molecular weight excluding hydrogens is 312 g/mol. The van der Waals surface area contributed by atoms with E-state index in [9.17, 15) is 22.0 Å². The van der Waals surface area contributed by atoms with Gasteiger partial charge in [-0.2, -0.15) is 4.31 Å². The minimum absolute atomic E-state index is 0.0908. The van der Waals surface area contributed by atoms with Gasteiger partial charge in [-0.05, 0) is 19.1 Å². The first kappa shape index (κ1) is 15.2. The molecule has 0 aliphatic carbocycles. The summed E-state index contributed by atoms with van der Waals surface area (Å²) in [6, 6.07) is 0.655. The molecule has 1 aliphatic rings. The largest absolute Gasteiger partial charge is 0.480 e. The Balaban J connectivity index is 2.50. The molecule has 0 radical (unpaired) electrons. The van der Waals surface area contributed by atoms with Crippen molar-refractivity contribution in [2.45, 2.75) is 23.2 Å². The maximum Gasteiger partial charge on any atom is 0.322 e. The Morgan fingerprint density at radius 1 is 1.35 bits per heavy atom. The van der Waals surface area contributed by atoms with Gasteiger partial charge in [0.25, 0.3) is 0 Å². The number of hydrogen-bond acceptors (Lipinski definition) is 4. The maximum atomic E-state index is 13.2. The highest BCUT2D eigenvalue weighted by Crippen LogP contribution is 2.34. The molecule has 1 aromatic rings. The standard InChI is InChI=1S/C11H11F2NO4S2/c1-6-14(10(5-19-6)11(15)16)20(17,18)9-3-7(12)2-8(13)4-9/h2-4,6,10H,5H2,1H3,(H,15,16). The predicted octanol–water partition coefficient (Wildman–Crippen LogP) is 1.50. The molecule has 1 fully saturated rings.